The van der Waals surface area contributed by atoms with Crippen LogP contribution in [0, 0.1) is 45.3 Å². The molecule has 1 saturated carbocycles. The molecule has 1 aliphatic carbocycles. The van der Waals surface area contributed by atoms with Crippen LogP contribution in [0.3, 0.4) is 0 Å². The highest BCUT2D eigenvalue weighted by molar-refractivity contribution is 5.22. The van der Waals surface area contributed by atoms with Crippen molar-refractivity contribution in [2.75, 3.05) is 0 Å². The van der Waals surface area contributed by atoms with Gasteiger partial charge in [0, 0.05) is 0 Å². The van der Waals surface area contributed by atoms with Gasteiger partial charge in [0.2, 0.25) is 0 Å². The van der Waals surface area contributed by atoms with Gasteiger partial charge < -0.3 is 0 Å². The zero-order chi connectivity index (χ0) is 18.9. The van der Waals surface area contributed by atoms with Crippen LogP contribution < -0.4 is 0 Å². The predicted octanol–water partition coefficient (Wildman–Crippen LogP) is 6.50. The first-order valence-corrected chi connectivity index (χ1v) is 9.37. The van der Waals surface area contributed by atoms with Crippen LogP contribution >= 0.6 is 0 Å². The van der Waals surface area contributed by atoms with E-state index >= 15 is 0 Å². The minimum Gasteiger partial charge on any atom is -0.197 e. The first kappa shape index (κ1) is 21.0. The molecule has 2 heteroatoms. The van der Waals surface area contributed by atoms with Crippen LogP contribution in [-0.2, 0) is 0 Å². The second-order valence-electron chi connectivity index (χ2n) is 7.67. The van der Waals surface area contributed by atoms with Crippen molar-refractivity contribution in [3.63, 3.8) is 0 Å². The number of unbranched alkanes of at least 4 members (excludes halogenated alkanes) is 1. The van der Waals surface area contributed by atoms with Crippen molar-refractivity contribution in [2.24, 2.45) is 22.7 Å². The number of allylic oxidation sites excluding steroid dienone is 3. The lowest BCUT2D eigenvalue weighted by Crippen LogP contribution is -2.44. The minimum absolute atomic E-state index is 0.0550. The van der Waals surface area contributed by atoms with Gasteiger partial charge in [-0.1, -0.05) is 45.1 Å². The number of nitriles is 2. The van der Waals surface area contributed by atoms with Crippen LogP contribution in [0.2, 0.25) is 0 Å². The van der Waals surface area contributed by atoms with Crippen molar-refractivity contribution in [3.05, 3.63) is 43.2 Å². The quantitative estimate of drug-likeness (QED) is 0.274. The summed E-state index contributed by atoms with van der Waals surface area (Å²) in [4.78, 5) is 0. The van der Waals surface area contributed by atoms with E-state index in [4.69, 9.17) is 0 Å². The Hall–Kier alpha value is -2.02. The third-order valence-electron chi connectivity index (χ3n) is 6.33. The molecule has 0 aromatic carbocycles. The molecule has 0 heterocycles. The summed E-state index contributed by atoms with van der Waals surface area (Å²) >= 11 is 0. The summed E-state index contributed by atoms with van der Waals surface area (Å²) in [5.74, 6) is 0.315. The van der Waals surface area contributed by atoms with Crippen LogP contribution in [-0.4, -0.2) is 0 Å². The summed E-state index contributed by atoms with van der Waals surface area (Å²) < 4.78 is 0. The zero-order valence-corrected chi connectivity index (χ0v) is 16.0. The minimum atomic E-state index is -1.03. The standard InChI is InChI=1S/C23H32N2/c1-6-8-9-12-16-22(5,21-14-11-10-13-19(21)3)20(4)23(17-24,18-25)15-7-2/h7-8,20-21H,1-3,9-16H2,4-5H3. The molecule has 1 aliphatic rings. The first-order valence-electron chi connectivity index (χ1n) is 9.37. The number of rotatable bonds is 9. The van der Waals surface area contributed by atoms with Gasteiger partial charge in [-0.05, 0) is 68.3 Å². The van der Waals surface area contributed by atoms with E-state index < -0.39 is 5.41 Å². The van der Waals surface area contributed by atoms with Crippen molar-refractivity contribution < 1.29 is 0 Å². The SMILES string of the molecule is C=C=CCCCC(C)(C1CCCCC1=C)C(C)C(C#N)(C#N)CC=C. The highest BCUT2D eigenvalue weighted by Crippen LogP contribution is 2.54. The first-order chi connectivity index (χ1) is 11.9. The second-order valence-corrected chi connectivity index (χ2v) is 7.67. The molecular weight excluding hydrogens is 304 g/mol. The van der Waals surface area contributed by atoms with Crippen molar-refractivity contribution in [1.29, 1.82) is 10.5 Å². The van der Waals surface area contributed by atoms with E-state index in [1.807, 2.05) is 6.08 Å². The topological polar surface area (TPSA) is 47.6 Å². The Labute approximate surface area is 154 Å². The normalized spacial score (nSPS) is 21.1. The Morgan fingerprint density at radius 2 is 2.00 bits per heavy atom. The molecular formula is C23H32N2. The molecule has 0 aliphatic heterocycles. The van der Waals surface area contributed by atoms with Gasteiger partial charge in [-0.2, -0.15) is 10.5 Å². The Bertz CT molecular complexity index is 595. The van der Waals surface area contributed by atoms with E-state index in [1.54, 1.807) is 6.08 Å². The van der Waals surface area contributed by atoms with Crippen LogP contribution in [0.5, 0.6) is 0 Å². The molecule has 0 amide bonds. The lowest BCUT2D eigenvalue weighted by molar-refractivity contribution is 0.0459. The van der Waals surface area contributed by atoms with E-state index in [1.165, 1.54) is 18.4 Å². The van der Waals surface area contributed by atoms with Crippen LogP contribution in [0.4, 0.5) is 0 Å². The molecule has 3 unspecified atom stereocenters. The Morgan fingerprint density at radius 1 is 1.32 bits per heavy atom. The Kier molecular flexibility index (Phi) is 7.96. The smallest absolute Gasteiger partial charge is 0.150 e. The molecule has 3 atom stereocenters. The number of hydrogen-bond donors (Lipinski definition) is 0. The van der Waals surface area contributed by atoms with Crippen molar-refractivity contribution in [1.82, 2.24) is 0 Å². The maximum atomic E-state index is 9.85. The van der Waals surface area contributed by atoms with Gasteiger partial charge in [0.15, 0.2) is 0 Å². The fourth-order valence-electron chi connectivity index (χ4n) is 4.53. The van der Waals surface area contributed by atoms with Crippen molar-refractivity contribution in [3.8, 4) is 12.1 Å². The zero-order valence-electron chi connectivity index (χ0n) is 16.0. The fourth-order valence-corrected chi connectivity index (χ4v) is 4.53. The molecule has 0 aromatic heterocycles. The van der Waals surface area contributed by atoms with Crippen molar-refractivity contribution >= 4 is 0 Å². The predicted molar refractivity (Wildman–Crippen MR) is 104 cm³/mol. The maximum Gasteiger partial charge on any atom is 0.150 e. The van der Waals surface area contributed by atoms with Gasteiger partial charge >= 0.3 is 0 Å². The van der Waals surface area contributed by atoms with Gasteiger partial charge in [-0.15, -0.1) is 12.3 Å². The second kappa shape index (κ2) is 9.46. The molecule has 0 N–H and O–H groups in total. The summed E-state index contributed by atoms with van der Waals surface area (Å²) in [7, 11) is 0. The third kappa shape index (κ3) is 4.54. The summed E-state index contributed by atoms with van der Waals surface area (Å²) in [6, 6.07) is 4.67. The summed E-state index contributed by atoms with van der Waals surface area (Å²) in [6.45, 7) is 16.1. The van der Waals surface area contributed by atoms with Crippen LogP contribution in [0.15, 0.2) is 43.2 Å². The maximum absolute atomic E-state index is 9.85. The molecule has 0 bridgehead atoms. The van der Waals surface area contributed by atoms with E-state index in [2.05, 4.69) is 51.5 Å². The van der Waals surface area contributed by atoms with Gasteiger partial charge in [-0.25, -0.2) is 0 Å². The average Bonchev–Trinajstić information content (AvgIpc) is 2.63. The van der Waals surface area contributed by atoms with E-state index in [-0.39, 0.29) is 11.3 Å². The van der Waals surface area contributed by atoms with E-state index in [9.17, 15) is 10.5 Å². The largest absolute Gasteiger partial charge is 0.197 e. The number of nitrogens with zero attached hydrogens (tertiary/aromatic N) is 2. The van der Waals surface area contributed by atoms with E-state index in [0.29, 0.717) is 12.3 Å². The average molecular weight is 337 g/mol. The van der Waals surface area contributed by atoms with Gasteiger partial charge in [0.05, 0.1) is 12.1 Å². The van der Waals surface area contributed by atoms with Crippen LogP contribution in [0.1, 0.15) is 65.2 Å². The summed E-state index contributed by atoms with van der Waals surface area (Å²) in [5, 5.41) is 19.7. The molecule has 134 valence electrons. The number of hydrogen-bond acceptors (Lipinski definition) is 2. The third-order valence-corrected chi connectivity index (χ3v) is 6.33. The monoisotopic (exact) mass is 336 g/mol. The Balaban J connectivity index is 3.25. The molecule has 0 spiro atoms. The summed E-state index contributed by atoms with van der Waals surface area (Å²) in [6.07, 6.45) is 11.6. The highest BCUT2D eigenvalue weighted by Gasteiger charge is 2.50. The van der Waals surface area contributed by atoms with Crippen molar-refractivity contribution in [2.45, 2.75) is 65.2 Å². The lowest BCUT2D eigenvalue weighted by Gasteiger charge is -2.49. The lowest BCUT2D eigenvalue weighted by atomic mass is 9.53. The highest BCUT2D eigenvalue weighted by atomic mass is 14.5. The van der Waals surface area contributed by atoms with Gasteiger partial charge in [0.25, 0.3) is 0 Å². The molecule has 0 saturated heterocycles. The van der Waals surface area contributed by atoms with Gasteiger partial charge in [0.1, 0.15) is 5.41 Å². The summed E-state index contributed by atoms with van der Waals surface area (Å²) in [5.41, 5.74) is 2.98. The van der Waals surface area contributed by atoms with E-state index in [0.717, 1.165) is 32.1 Å². The molecule has 1 rings (SSSR count). The van der Waals surface area contributed by atoms with Crippen LogP contribution in [0.25, 0.3) is 0 Å². The fraction of sp³-hybridized carbons (Fsp3) is 0.609. The molecule has 1 fully saturated rings. The molecule has 0 aromatic rings. The molecule has 2 nitrogen and oxygen atoms in total. The molecule has 25 heavy (non-hydrogen) atoms. The molecule has 0 radical (unpaired) electrons. The Morgan fingerprint density at radius 3 is 2.52 bits per heavy atom. The van der Waals surface area contributed by atoms with Gasteiger partial charge in [-0.3, -0.25) is 0 Å².